The largest absolute Gasteiger partial charge is 0.573 e. The fourth-order valence-electron chi connectivity index (χ4n) is 3.51. The molecular formula is C22H26F3N3O4. The number of ether oxygens (including phenoxy) is 1. The lowest BCUT2D eigenvalue weighted by Gasteiger charge is -2.37. The number of rotatable bonds is 7. The van der Waals surface area contributed by atoms with E-state index >= 15 is 0 Å². The Hall–Kier alpha value is -3.01. The van der Waals surface area contributed by atoms with E-state index in [1.54, 1.807) is 23.1 Å². The van der Waals surface area contributed by atoms with E-state index in [0.717, 1.165) is 5.56 Å². The molecule has 1 atom stereocenters. The minimum Gasteiger partial charge on any atom is -0.459 e. The fourth-order valence-corrected chi connectivity index (χ4v) is 3.51. The maximum Gasteiger partial charge on any atom is 0.573 e. The third-order valence-corrected chi connectivity index (χ3v) is 5.21. The molecule has 1 aromatic heterocycles. The number of halogens is 3. The first-order valence-electron chi connectivity index (χ1n) is 10.3. The molecule has 7 nitrogen and oxygen atoms in total. The van der Waals surface area contributed by atoms with Gasteiger partial charge >= 0.3 is 6.36 Å². The van der Waals surface area contributed by atoms with Crippen molar-refractivity contribution in [2.45, 2.75) is 32.8 Å². The molecule has 0 saturated carbocycles. The van der Waals surface area contributed by atoms with Gasteiger partial charge in [-0.25, -0.2) is 0 Å². The molecule has 3 rings (SSSR count). The molecule has 0 spiro atoms. The molecule has 10 heteroatoms. The van der Waals surface area contributed by atoms with Crippen LogP contribution in [0.4, 0.5) is 13.2 Å². The molecule has 1 saturated heterocycles. The second-order valence-corrected chi connectivity index (χ2v) is 7.97. The molecule has 1 unspecified atom stereocenters. The van der Waals surface area contributed by atoms with Crippen molar-refractivity contribution < 1.29 is 31.9 Å². The number of furan rings is 1. The van der Waals surface area contributed by atoms with Crippen LogP contribution in [0.1, 0.15) is 30.0 Å². The standard InChI is InChI=1S/C22H26F3N3O4/c1-15(2)19(26-20(29)18-4-3-13-31-18)21(30)28-11-9-27(10-12-28)14-16-5-7-17(8-6-16)32-22(23,24)25/h3-8,13,15,19H,9-12,14H2,1-2H3,(H,26,29). The Labute approximate surface area is 184 Å². The van der Waals surface area contributed by atoms with E-state index in [2.05, 4.69) is 15.0 Å². The molecule has 1 fully saturated rings. The zero-order valence-corrected chi connectivity index (χ0v) is 17.9. The number of carbonyl (C=O) groups is 2. The zero-order valence-electron chi connectivity index (χ0n) is 17.9. The summed E-state index contributed by atoms with van der Waals surface area (Å²) in [5.41, 5.74) is 0.852. The monoisotopic (exact) mass is 453 g/mol. The third-order valence-electron chi connectivity index (χ3n) is 5.21. The van der Waals surface area contributed by atoms with Crippen LogP contribution < -0.4 is 10.1 Å². The quantitative estimate of drug-likeness (QED) is 0.697. The summed E-state index contributed by atoms with van der Waals surface area (Å²) in [5.74, 6) is -0.781. The van der Waals surface area contributed by atoms with Gasteiger partial charge in [0.05, 0.1) is 6.26 Å². The summed E-state index contributed by atoms with van der Waals surface area (Å²) in [6, 6.07) is 8.25. The van der Waals surface area contributed by atoms with Crippen molar-refractivity contribution in [1.29, 1.82) is 0 Å². The Bertz CT molecular complexity index is 890. The number of alkyl halides is 3. The maximum absolute atomic E-state index is 13.0. The number of hydrogen-bond donors (Lipinski definition) is 1. The van der Waals surface area contributed by atoms with E-state index in [9.17, 15) is 22.8 Å². The van der Waals surface area contributed by atoms with Crippen molar-refractivity contribution in [3.05, 3.63) is 54.0 Å². The van der Waals surface area contributed by atoms with Crippen molar-refractivity contribution in [3.8, 4) is 5.75 Å². The van der Waals surface area contributed by atoms with Gasteiger partial charge in [0.2, 0.25) is 5.91 Å². The van der Waals surface area contributed by atoms with E-state index in [-0.39, 0.29) is 23.3 Å². The molecule has 174 valence electrons. The first kappa shape index (κ1) is 23.6. The molecule has 0 aliphatic carbocycles. The van der Waals surface area contributed by atoms with E-state index in [4.69, 9.17) is 4.42 Å². The van der Waals surface area contributed by atoms with Crippen LogP contribution >= 0.6 is 0 Å². The summed E-state index contributed by atoms with van der Waals surface area (Å²) in [7, 11) is 0. The minimum atomic E-state index is -4.71. The van der Waals surface area contributed by atoms with Gasteiger partial charge in [0, 0.05) is 32.7 Å². The fraction of sp³-hybridized carbons (Fsp3) is 0.455. The van der Waals surface area contributed by atoms with Gasteiger partial charge in [0.1, 0.15) is 11.8 Å². The second-order valence-electron chi connectivity index (χ2n) is 7.97. The summed E-state index contributed by atoms with van der Waals surface area (Å²) in [5, 5.41) is 2.76. The van der Waals surface area contributed by atoms with Gasteiger partial charge in [-0.05, 0) is 35.7 Å². The van der Waals surface area contributed by atoms with Gasteiger partial charge in [0.25, 0.3) is 5.91 Å². The first-order valence-corrected chi connectivity index (χ1v) is 10.3. The van der Waals surface area contributed by atoms with Crippen molar-refractivity contribution in [2.24, 2.45) is 5.92 Å². The molecule has 2 heterocycles. The van der Waals surface area contributed by atoms with E-state index in [1.165, 1.54) is 24.5 Å². The van der Waals surface area contributed by atoms with Crippen molar-refractivity contribution in [1.82, 2.24) is 15.1 Å². The van der Waals surface area contributed by atoms with Crippen LogP contribution in [0, 0.1) is 5.92 Å². The van der Waals surface area contributed by atoms with Gasteiger partial charge in [-0.15, -0.1) is 13.2 Å². The molecular weight excluding hydrogens is 427 g/mol. The number of amides is 2. The number of benzene rings is 1. The van der Waals surface area contributed by atoms with Crippen molar-refractivity contribution in [2.75, 3.05) is 26.2 Å². The lowest BCUT2D eigenvalue weighted by atomic mass is 10.0. The summed E-state index contributed by atoms with van der Waals surface area (Å²) in [6.45, 7) is 6.51. The molecule has 2 amide bonds. The highest BCUT2D eigenvalue weighted by atomic mass is 19.4. The number of nitrogens with zero attached hydrogens (tertiary/aromatic N) is 2. The van der Waals surface area contributed by atoms with Crippen LogP contribution in [0.15, 0.2) is 47.1 Å². The molecule has 1 aliphatic rings. The summed E-state index contributed by atoms with van der Waals surface area (Å²) < 4.78 is 45.8. The van der Waals surface area contributed by atoms with E-state index in [1.807, 2.05) is 13.8 Å². The molecule has 1 N–H and O–H groups in total. The summed E-state index contributed by atoms with van der Waals surface area (Å²) in [4.78, 5) is 29.2. The normalized spacial score (nSPS) is 16.1. The Kier molecular flexibility index (Phi) is 7.44. The van der Waals surface area contributed by atoms with Gasteiger partial charge in [-0.2, -0.15) is 0 Å². The number of piperazine rings is 1. The van der Waals surface area contributed by atoms with Crippen LogP contribution in [-0.4, -0.2) is 60.2 Å². The SMILES string of the molecule is CC(C)C(NC(=O)c1ccco1)C(=O)N1CCN(Cc2ccc(OC(F)(F)F)cc2)CC1. The Balaban J connectivity index is 1.51. The van der Waals surface area contributed by atoms with Gasteiger partial charge in [-0.3, -0.25) is 14.5 Å². The van der Waals surface area contributed by atoms with Crippen LogP contribution in [-0.2, 0) is 11.3 Å². The van der Waals surface area contributed by atoms with Crippen LogP contribution in [0.3, 0.4) is 0 Å². The molecule has 1 aliphatic heterocycles. The second kappa shape index (κ2) is 10.1. The lowest BCUT2D eigenvalue weighted by molar-refractivity contribution is -0.274. The summed E-state index contributed by atoms with van der Waals surface area (Å²) >= 11 is 0. The summed E-state index contributed by atoms with van der Waals surface area (Å²) in [6.07, 6.45) is -3.31. The minimum absolute atomic E-state index is 0.100. The molecule has 0 radical (unpaired) electrons. The molecule has 1 aromatic carbocycles. The highest BCUT2D eigenvalue weighted by molar-refractivity contribution is 5.95. The maximum atomic E-state index is 13.0. The number of hydrogen-bond acceptors (Lipinski definition) is 5. The van der Waals surface area contributed by atoms with Gasteiger partial charge < -0.3 is 19.4 Å². The number of nitrogens with one attached hydrogen (secondary N) is 1. The van der Waals surface area contributed by atoms with Crippen LogP contribution in [0.5, 0.6) is 5.75 Å². The zero-order chi connectivity index (χ0) is 23.3. The highest BCUT2D eigenvalue weighted by Crippen LogP contribution is 2.23. The highest BCUT2D eigenvalue weighted by Gasteiger charge is 2.32. The van der Waals surface area contributed by atoms with Crippen LogP contribution in [0.2, 0.25) is 0 Å². The molecule has 2 aromatic rings. The smallest absolute Gasteiger partial charge is 0.459 e. The van der Waals surface area contributed by atoms with Crippen LogP contribution in [0.25, 0.3) is 0 Å². The molecule has 0 bridgehead atoms. The number of carbonyl (C=O) groups excluding carboxylic acids is 2. The topological polar surface area (TPSA) is 75.0 Å². The van der Waals surface area contributed by atoms with Crippen molar-refractivity contribution in [3.63, 3.8) is 0 Å². The van der Waals surface area contributed by atoms with Crippen molar-refractivity contribution >= 4 is 11.8 Å². The lowest BCUT2D eigenvalue weighted by Crippen LogP contribution is -2.56. The van der Waals surface area contributed by atoms with E-state index in [0.29, 0.717) is 32.7 Å². The average Bonchev–Trinajstić information content (AvgIpc) is 3.27. The predicted octanol–water partition coefficient (Wildman–Crippen LogP) is 3.28. The molecule has 32 heavy (non-hydrogen) atoms. The average molecular weight is 453 g/mol. The van der Waals surface area contributed by atoms with Gasteiger partial charge in [-0.1, -0.05) is 26.0 Å². The Morgan fingerprint density at radius 2 is 1.75 bits per heavy atom. The first-order chi connectivity index (χ1) is 15.1. The Morgan fingerprint density at radius 3 is 2.28 bits per heavy atom. The Morgan fingerprint density at radius 1 is 1.09 bits per heavy atom. The van der Waals surface area contributed by atoms with Gasteiger partial charge in [0.15, 0.2) is 5.76 Å². The van der Waals surface area contributed by atoms with E-state index < -0.39 is 18.3 Å². The predicted molar refractivity (Wildman–Crippen MR) is 110 cm³/mol. The third kappa shape index (κ3) is 6.49.